The van der Waals surface area contributed by atoms with Crippen LogP contribution in [0.1, 0.15) is 54.4 Å². The maximum absolute atomic E-state index is 13.0. The Balaban J connectivity index is 1.97. The number of benzene rings is 1. The van der Waals surface area contributed by atoms with Gasteiger partial charge in [-0.3, -0.25) is 19.2 Å². The van der Waals surface area contributed by atoms with E-state index in [1.54, 1.807) is 14.0 Å². The van der Waals surface area contributed by atoms with Gasteiger partial charge in [-0.25, -0.2) is 0 Å². The van der Waals surface area contributed by atoms with Gasteiger partial charge in [-0.1, -0.05) is 5.92 Å². The first-order chi connectivity index (χ1) is 12.7. The highest BCUT2D eigenvalue weighted by Crippen LogP contribution is 2.45. The van der Waals surface area contributed by atoms with Crippen LogP contribution in [0, 0.1) is 31.1 Å². The largest absolute Gasteiger partial charge is 0.339 e. The Bertz CT molecular complexity index is 890. The van der Waals surface area contributed by atoms with Gasteiger partial charge in [0, 0.05) is 32.0 Å². The molecule has 0 bridgehead atoms. The minimum absolute atomic E-state index is 0.0444. The van der Waals surface area contributed by atoms with Crippen molar-refractivity contribution in [3.05, 3.63) is 34.4 Å². The molecule has 5 nitrogen and oxygen atoms in total. The van der Waals surface area contributed by atoms with Crippen LogP contribution in [0.25, 0.3) is 0 Å². The van der Waals surface area contributed by atoms with Gasteiger partial charge in [0.1, 0.15) is 17.5 Å². The molecule has 0 N–H and O–H groups in total. The average molecular weight is 365 g/mol. The molecule has 1 heterocycles. The SMILES string of the molecule is CC#Cc1cc(C)c(C2C(=O)CC3(CCN(C)C(=O)C3=O)CC2=O)c(C)c1. The molecule has 1 saturated heterocycles. The van der Waals surface area contributed by atoms with Crippen molar-refractivity contribution in [2.45, 2.75) is 46.0 Å². The number of ketones is 3. The molecular formula is C22H23NO4. The zero-order chi connectivity index (χ0) is 19.9. The first kappa shape index (κ1) is 19.0. The number of likely N-dealkylation sites (tertiary alicyclic amines) is 1. The average Bonchev–Trinajstić information content (AvgIpc) is 2.59. The molecule has 1 saturated carbocycles. The number of carbonyl (C=O) groups excluding carboxylic acids is 4. The molecule has 0 radical (unpaired) electrons. The van der Waals surface area contributed by atoms with Crippen LogP contribution in [0.15, 0.2) is 12.1 Å². The molecule has 1 amide bonds. The summed E-state index contributed by atoms with van der Waals surface area (Å²) in [5.74, 6) is 3.25. The Labute approximate surface area is 159 Å². The van der Waals surface area contributed by atoms with Crippen molar-refractivity contribution in [3.8, 4) is 11.8 Å². The quantitative estimate of drug-likeness (QED) is 0.434. The molecule has 2 aliphatic rings. The van der Waals surface area contributed by atoms with Gasteiger partial charge in [-0.05, 0) is 56.0 Å². The van der Waals surface area contributed by atoms with Crippen LogP contribution in [0.5, 0.6) is 0 Å². The van der Waals surface area contributed by atoms with Gasteiger partial charge in [0.15, 0.2) is 0 Å². The Kier molecular flexibility index (Phi) is 4.77. The van der Waals surface area contributed by atoms with E-state index < -0.39 is 23.0 Å². The molecule has 140 valence electrons. The van der Waals surface area contributed by atoms with Crippen LogP contribution in [0.3, 0.4) is 0 Å². The maximum Gasteiger partial charge on any atom is 0.290 e. The molecule has 0 unspecified atom stereocenters. The third kappa shape index (κ3) is 3.10. The fourth-order valence-electron chi connectivity index (χ4n) is 4.42. The van der Waals surface area contributed by atoms with Crippen molar-refractivity contribution in [2.24, 2.45) is 5.41 Å². The number of Topliss-reactive ketones (excluding diaryl/α,β-unsaturated/α-hetero) is 3. The number of aryl methyl sites for hydroxylation is 2. The van der Waals surface area contributed by atoms with E-state index in [4.69, 9.17) is 0 Å². The summed E-state index contributed by atoms with van der Waals surface area (Å²) in [5, 5.41) is 0. The Morgan fingerprint density at radius 3 is 2.11 bits per heavy atom. The van der Waals surface area contributed by atoms with Crippen molar-refractivity contribution in [1.29, 1.82) is 0 Å². The summed E-state index contributed by atoms with van der Waals surface area (Å²) in [4.78, 5) is 52.1. The molecule has 5 heteroatoms. The predicted molar refractivity (Wildman–Crippen MR) is 100 cm³/mol. The van der Waals surface area contributed by atoms with Gasteiger partial charge in [0.05, 0.1) is 5.41 Å². The molecule has 2 fully saturated rings. The van der Waals surface area contributed by atoms with E-state index in [-0.39, 0.29) is 24.4 Å². The number of likely N-dealkylation sites (N-methyl/N-ethyl adjacent to an activating group) is 1. The summed E-state index contributed by atoms with van der Waals surface area (Å²) in [6, 6.07) is 3.77. The zero-order valence-corrected chi connectivity index (χ0v) is 16.1. The predicted octanol–water partition coefficient (Wildman–Crippen LogP) is 2.11. The number of hydrogen-bond donors (Lipinski definition) is 0. The van der Waals surface area contributed by atoms with Crippen molar-refractivity contribution in [1.82, 2.24) is 4.90 Å². The van der Waals surface area contributed by atoms with Crippen molar-refractivity contribution in [2.75, 3.05) is 13.6 Å². The highest BCUT2D eigenvalue weighted by molar-refractivity contribution is 6.40. The maximum atomic E-state index is 13.0. The van der Waals surface area contributed by atoms with E-state index in [0.29, 0.717) is 18.5 Å². The van der Waals surface area contributed by atoms with Crippen LogP contribution in [-0.4, -0.2) is 41.7 Å². The van der Waals surface area contributed by atoms with Crippen molar-refractivity contribution in [3.63, 3.8) is 0 Å². The van der Waals surface area contributed by atoms with E-state index in [9.17, 15) is 19.2 Å². The number of rotatable bonds is 1. The molecule has 1 aromatic carbocycles. The van der Waals surface area contributed by atoms with Gasteiger partial charge in [-0.2, -0.15) is 0 Å². The summed E-state index contributed by atoms with van der Waals surface area (Å²) < 4.78 is 0. The van der Waals surface area contributed by atoms with Crippen LogP contribution in [0.4, 0.5) is 0 Å². The number of nitrogens with zero attached hydrogens (tertiary/aromatic N) is 1. The highest BCUT2D eigenvalue weighted by Gasteiger charge is 2.54. The Morgan fingerprint density at radius 1 is 1.04 bits per heavy atom. The first-order valence-electron chi connectivity index (χ1n) is 9.09. The van der Waals surface area contributed by atoms with Crippen LogP contribution < -0.4 is 0 Å². The second-order valence-electron chi connectivity index (χ2n) is 7.70. The fraction of sp³-hybridized carbons (Fsp3) is 0.455. The number of hydrogen-bond acceptors (Lipinski definition) is 4. The van der Waals surface area contributed by atoms with Crippen LogP contribution in [-0.2, 0) is 19.2 Å². The Hall–Kier alpha value is -2.74. The van der Waals surface area contributed by atoms with E-state index in [0.717, 1.165) is 16.7 Å². The molecular weight excluding hydrogens is 342 g/mol. The second-order valence-corrected chi connectivity index (χ2v) is 7.70. The highest BCUT2D eigenvalue weighted by atomic mass is 16.2. The van der Waals surface area contributed by atoms with Crippen LogP contribution >= 0.6 is 0 Å². The number of carbonyl (C=O) groups is 4. The second kappa shape index (κ2) is 6.77. The third-order valence-electron chi connectivity index (χ3n) is 5.77. The van der Waals surface area contributed by atoms with Gasteiger partial charge < -0.3 is 4.90 Å². The molecule has 1 aliphatic heterocycles. The van der Waals surface area contributed by atoms with E-state index in [1.165, 1.54) is 4.90 Å². The lowest BCUT2D eigenvalue weighted by Gasteiger charge is -2.41. The molecule has 1 aliphatic carbocycles. The monoisotopic (exact) mass is 365 g/mol. The summed E-state index contributed by atoms with van der Waals surface area (Å²) in [6.45, 7) is 5.89. The van der Waals surface area contributed by atoms with E-state index in [1.807, 2.05) is 26.0 Å². The fourth-order valence-corrected chi connectivity index (χ4v) is 4.42. The van der Waals surface area contributed by atoms with Gasteiger partial charge in [0.25, 0.3) is 5.91 Å². The van der Waals surface area contributed by atoms with Gasteiger partial charge in [0.2, 0.25) is 5.78 Å². The molecule has 0 atom stereocenters. The van der Waals surface area contributed by atoms with Gasteiger partial charge in [-0.15, -0.1) is 5.92 Å². The first-order valence-corrected chi connectivity index (χ1v) is 9.09. The summed E-state index contributed by atoms with van der Waals surface area (Å²) >= 11 is 0. The topological polar surface area (TPSA) is 71.5 Å². The van der Waals surface area contributed by atoms with E-state index in [2.05, 4.69) is 11.8 Å². The molecule has 1 spiro atoms. The molecule has 3 rings (SSSR count). The molecule has 1 aromatic rings. The molecule has 27 heavy (non-hydrogen) atoms. The van der Waals surface area contributed by atoms with Crippen molar-refractivity contribution >= 4 is 23.3 Å². The number of amides is 1. The number of piperidine rings is 1. The lowest BCUT2D eigenvalue weighted by Crippen LogP contribution is -2.55. The van der Waals surface area contributed by atoms with Crippen LogP contribution in [0.2, 0.25) is 0 Å². The minimum Gasteiger partial charge on any atom is -0.339 e. The normalized spacial score (nSPS) is 25.6. The van der Waals surface area contributed by atoms with Gasteiger partial charge >= 0.3 is 0 Å². The van der Waals surface area contributed by atoms with E-state index >= 15 is 0 Å². The lowest BCUT2D eigenvalue weighted by molar-refractivity contribution is -0.158. The smallest absolute Gasteiger partial charge is 0.290 e. The Morgan fingerprint density at radius 2 is 1.59 bits per heavy atom. The van der Waals surface area contributed by atoms with Crippen molar-refractivity contribution < 1.29 is 19.2 Å². The summed E-state index contributed by atoms with van der Waals surface area (Å²) in [5.41, 5.74) is 2.11. The molecule has 0 aromatic heterocycles. The summed E-state index contributed by atoms with van der Waals surface area (Å²) in [6.07, 6.45) is 0.274. The lowest BCUT2D eigenvalue weighted by atomic mass is 9.62. The third-order valence-corrected chi connectivity index (χ3v) is 5.77. The standard InChI is InChI=1S/C22H23NO4/c1-5-6-15-9-13(2)18(14(3)10-15)19-16(24)11-22(12-17(19)25)7-8-23(4)21(27)20(22)26/h9-10,19H,7-8,11-12H2,1-4H3. The summed E-state index contributed by atoms with van der Waals surface area (Å²) in [7, 11) is 1.57. The zero-order valence-electron chi connectivity index (χ0n) is 16.1. The minimum atomic E-state index is -1.15.